The molecule has 4 rings (SSSR count). The number of para-hydroxylation sites is 1. The van der Waals surface area contributed by atoms with Crippen LogP contribution < -0.4 is 10.6 Å². The molecule has 0 unspecified atom stereocenters. The third-order valence-corrected chi connectivity index (χ3v) is 6.17. The minimum absolute atomic E-state index is 0.0930. The van der Waals surface area contributed by atoms with Crippen LogP contribution in [0.5, 0.6) is 5.75 Å². The number of phenolic OH excluding ortho intramolecular Hbond substituents is 1. The summed E-state index contributed by atoms with van der Waals surface area (Å²) in [6.45, 7) is 2.40. The number of benzene rings is 1. The SMILES string of the molecule is CCNC(=O)c1c(NC(=O)c2cc(-c3ccccc3O)n[nH]2)sc2c1CCCC2. The number of aromatic amines is 1. The molecule has 1 aliphatic carbocycles. The number of fused-ring (bicyclic) bond motifs is 1. The number of aryl methyl sites for hydroxylation is 1. The van der Waals surface area contributed by atoms with Gasteiger partial charge in [-0.05, 0) is 56.4 Å². The minimum Gasteiger partial charge on any atom is -0.507 e. The van der Waals surface area contributed by atoms with Crippen LogP contribution in [-0.4, -0.2) is 33.7 Å². The van der Waals surface area contributed by atoms with Gasteiger partial charge in [-0.2, -0.15) is 5.10 Å². The van der Waals surface area contributed by atoms with Crippen LogP contribution in [0.1, 0.15) is 51.1 Å². The normalized spacial score (nSPS) is 13.0. The maximum Gasteiger partial charge on any atom is 0.274 e. The first-order valence-corrected chi connectivity index (χ1v) is 10.5. The van der Waals surface area contributed by atoms with E-state index in [4.69, 9.17) is 0 Å². The summed E-state index contributed by atoms with van der Waals surface area (Å²) in [4.78, 5) is 26.6. The summed E-state index contributed by atoms with van der Waals surface area (Å²) < 4.78 is 0. The fraction of sp³-hybridized carbons (Fsp3) is 0.286. The van der Waals surface area contributed by atoms with E-state index in [-0.39, 0.29) is 23.3 Å². The van der Waals surface area contributed by atoms with Crippen molar-refractivity contribution in [3.8, 4) is 17.0 Å². The molecular weight excluding hydrogens is 388 g/mol. The van der Waals surface area contributed by atoms with E-state index in [1.807, 2.05) is 6.92 Å². The predicted molar refractivity (Wildman–Crippen MR) is 113 cm³/mol. The summed E-state index contributed by atoms with van der Waals surface area (Å²) in [5, 5.41) is 23.2. The predicted octanol–water partition coefficient (Wildman–Crippen LogP) is 3.72. The van der Waals surface area contributed by atoms with Crippen LogP contribution >= 0.6 is 11.3 Å². The van der Waals surface area contributed by atoms with Gasteiger partial charge in [0.05, 0.1) is 11.3 Å². The Labute approximate surface area is 172 Å². The molecule has 0 radical (unpaired) electrons. The second-order valence-corrected chi connectivity index (χ2v) is 8.02. The molecule has 0 aliphatic heterocycles. The van der Waals surface area contributed by atoms with E-state index in [2.05, 4.69) is 20.8 Å². The average molecular weight is 410 g/mol. The van der Waals surface area contributed by atoms with Crippen molar-refractivity contribution in [3.05, 3.63) is 52.0 Å². The van der Waals surface area contributed by atoms with Crippen LogP contribution in [0.25, 0.3) is 11.3 Å². The summed E-state index contributed by atoms with van der Waals surface area (Å²) in [6, 6.07) is 8.40. The Morgan fingerprint density at radius 2 is 2.00 bits per heavy atom. The number of H-pyrrole nitrogens is 1. The van der Waals surface area contributed by atoms with Gasteiger partial charge in [0, 0.05) is 17.0 Å². The molecule has 8 heteroatoms. The number of aromatic hydroxyl groups is 1. The zero-order chi connectivity index (χ0) is 20.4. The molecule has 0 saturated heterocycles. The van der Waals surface area contributed by atoms with E-state index in [1.165, 1.54) is 16.2 Å². The van der Waals surface area contributed by atoms with E-state index < -0.39 is 0 Å². The molecule has 0 spiro atoms. The second kappa shape index (κ2) is 8.08. The lowest BCUT2D eigenvalue weighted by molar-refractivity contribution is 0.0956. The Bertz CT molecular complexity index is 1070. The Kier molecular flexibility index (Phi) is 5.35. The van der Waals surface area contributed by atoms with Gasteiger partial charge in [0.2, 0.25) is 0 Å². The number of thiophene rings is 1. The summed E-state index contributed by atoms with van der Waals surface area (Å²) >= 11 is 1.48. The number of nitrogens with zero attached hydrogens (tertiary/aromatic N) is 1. The Morgan fingerprint density at radius 3 is 2.79 bits per heavy atom. The van der Waals surface area contributed by atoms with Crippen molar-refractivity contribution in [1.29, 1.82) is 0 Å². The first kappa shape index (κ1) is 19.2. The van der Waals surface area contributed by atoms with Gasteiger partial charge in [-0.15, -0.1) is 11.3 Å². The number of hydrogen-bond acceptors (Lipinski definition) is 5. The number of amides is 2. The number of anilines is 1. The number of rotatable bonds is 5. The van der Waals surface area contributed by atoms with Gasteiger partial charge in [-0.1, -0.05) is 12.1 Å². The fourth-order valence-electron chi connectivity index (χ4n) is 3.58. The lowest BCUT2D eigenvalue weighted by Crippen LogP contribution is -2.25. The number of phenols is 1. The first-order chi connectivity index (χ1) is 14.1. The fourth-order valence-corrected chi connectivity index (χ4v) is 4.86. The first-order valence-electron chi connectivity index (χ1n) is 9.66. The van der Waals surface area contributed by atoms with E-state index in [0.29, 0.717) is 28.4 Å². The van der Waals surface area contributed by atoms with Gasteiger partial charge in [0.1, 0.15) is 16.4 Å². The highest BCUT2D eigenvalue weighted by molar-refractivity contribution is 7.17. The molecule has 2 amide bonds. The van der Waals surface area contributed by atoms with E-state index in [1.54, 1.807) is 30.3 Å². The molecule has 7 nitrogen and oxygen atoms in total. The Morgan fingerprint density at radius 1 is 1.21 bits per heavy atom. The molecule has 1 aromatic carbocycles. The van der Waals surface area contributed by atoms with Crippen LogP contribution in [0.15, 0.2) is 30.3 Å². The molecule has 2 aromatic heterocycles. The topological polar surface area (TPSA) is 107 Å². The second-order valence-electron chi connectivity index (χ2n) is 6.91. The lowest BCUT2D eigenvalue weighted by Gasteiger charge is -2.12. The largest absolute Gasteiger partial charge is 0.507 e. The highest BCUT2D eigenvalue weighted by Crippen LogP contribution is 2.38. The van der Waals surface area contributed by atoms with Crippen LogP contribution in [0.4, 0.5) is 5.00 Å². The van der Waals surface area contributed by atoms with E-state index >= 15 is 0 Å². The highest BCUT2D eigenvalue weighted by atomic mass is 32.1. The average Bonchev–Trinajstić information content (AvgIpc) is 3.33. The maximum absolute atomic E-state index is 12.8. The molecule has 4 N–H and O–H groups in total. The van der Waals surface area contributed by atoms with Gasteiger partial charge >= 0.3 is 0 Å². The smallest absolute Gasteiger partial charge is 0.274 e. The van der Waals surface area contributed by atoms with Crippen molar-refractivity contribution in [3.63, 3.8) is 0 Å². The van der Waals surface area contributed by atoms with Gasteiger partial charge in [0.25, 0.3) is 11.8 Å². The molecule has 0 atom stereocenters. The van der Waals surface area contributed by atoms with Gasteiger partial charge in [0.15, 0.2) is 0 Å². The van der Waals surface area contributed by atoms with Gasteiger partial charge < -0.3 is 15.7 Å². The summed E-state index contributed by atoms with van der Waals surface area (Å²) in [5.74, 6) is -0.430. The Hall–Kier alpha value is -3.13. The van der Waals surface area contributed by atoms with Crippen LogP contribution in [0.3, 0.4) is 0 Å². The van der Waals surface area contributed by atoms with Crippen LogP contribution in [-0.2, 0) is 12.8 Å². The standard InChI is InChI=1S/C21H22N4O3S/c1-2-22-20(28)18-13-8-4-6-10-17(13)29-21(18)23-19(27)15-11-14(24-25-15)12-7-3-5-9-16(12)26/h3,5,7,9,11,26H,2,4,6,8,10H2,1H3,(H,22,28)(H,23,27)(H,24,25). The number of hydrogen-bond donors (Lipinski definition) is 4. The summed E-state index contributed by atoms with van der Waals surface area (Å²) in [6.07, 6.45) is 3.94. The molecule has 3 aromatic rings. The zero-order valence-electron chi connectivity index (χ0n) is 16.0. The van der Waals surface area contributed by atoms with Gasteiger partial charge in [-0.3, -0.25) is 14.7 Å². The molecule has 1 aliphatic rings. The highest BCUT2D eigenvalue weighted by Gasteiger charge is 2.26. The lowest BCUT2D eigenvalue weighted by atomic mass is 9.95. The molecule has 29 heavy (non-hydrogen) atoms. The van der Waals surface area contributed by atoms with E-state index in [9.17, 15) is 14.7 Å². The van der Waals surface area contributed by atoms with Crippen molar-refractivity contribution in [2.45, 2.75) is 32.6 Å². The van der Waals surface area contributed by atoms with Crippen molar-refractivity contribution in [2.24, 2.45) is 0 Å². The quantitative estimate of drug-likeness (QED) is 0.514. The number of carbonyl (C=O) groups is 2. The van der Waals surface area contributed by atoms with Crippen molar-refractivity contribution in [1.82, 2.24) is 15.5 Å². The molecule has 2 heterocycles. The monoisotopic (exact) mass is 410 g/mol. The Balaban J connectivity index is 1.61. The molecule has 150 valence electrons. The minimum atomic E-state index is -0.372. The van der Waals surface area contributed by atoms with Crippen LogP contribution in [0, 0.1) is 0 Å². The molecule has 0 bridgehead atoms. The molecule has 0 saturated carbocycles. The number of carbonyl (C=O) groups excluding carboxylic acids is 2. The summed E-state index contributed by atoms with van der Waals surface area (Å²) in [5.41, 5.74) is 2.92. The maximum atomic E-state index is 12.8. The molecular formula is C21H22N4O3S. The number of nitrogens with one attached hydrogen (secondary N) is 3. The van der Waals surface area contributed by atoms with Crippen molar-refractivity contribution >= 4 is 28.2 Å². The van der Waals surface area contributed by atoms with Crippen molar-refractivity contribution < 1.29 is 14.7 Å². The van der Waals surface area contributed by atoms with E-state index in [0.717, 1.165) is 31.2 Å². The number of aromatic nitrogens is 2. The third kappa shape index (κ3) is 3.75. The summed E-state index contributed by atoms with van der Waals surface area (Å²) in [7, 11) is 0. The van der Waals surface area contributed by atoms with Gasteiger partial charge in [-0.25, -0.2) is 0 Å². The zero-order valence-corrected chi connectivity index (χ0v) is 16.9. The van der Waals surface area contributed by atoms with Crippen LogP contribution in [0.2, 0.25) is 0 Å². The van der Waals surface area contributed by atoms with Crippen molar-refractivity contribution in [2.75, 3.05) is 11.9 Å². The third-order valence-electron chi connectivity index (χ3n) is 4.97. The molecule has 0 fully saturated rings.